The molecular formula is C19H13NO2. The Balaban J connectivity index is 2.29. The number of rotatable bonds is 1. The molecule has 0 saturated carbocycles. The van der Waals surface area contributed by atoms with Crippen molar-refractivity contribution < 1.29 is 5.11 Å². The molecule has 0 fully saturated rings. The lowest BCUT2D eigenvalue weighted by atomic mass is 9.95. The molecule has 0 bridgehead atoms. The summed E-state index contributed by atoms with van der Waals surface area (Å²) in [6.07, 6.45) is 0. The topological polar surface area (TPSA) is 53.1 Å². The van der Waals surface area contributed by atoms with Gasteiger partial charge in [-0.2, -0.15) is 0 Å². The molecule has 3 nitrogen and oxygen atoms in total. The number of phenolic OH excluding ortho intramolecular Hbond substituents is 1. The summed E-state index contributed by atoms with van der Waals surface area (Å²) in [6, 6.07) is 20.7. The minimum absolute atomic E-state index is 0.147. The molecular weight excluding hydrogens is 274 g/mol. The molecule has 0 spiro atoms. The number of phenols is 1. The first-order valence-corrected chi connectivity index (χ1v) is 7.08. The summed E-state index contributed by atoms with van der Waals surface area (Å²) in [6.45, 7) is 0. The van der Waals surface area contributed by atoms with Gasteiger partial charge in [0, 0.05) is 16.2 Å². The molecule has 106 valence electrons. The van der Waals surface area contributed by atoms with Crippen LogP contribution in [0.3, 0.4) is 0 Å². The first-order valence-electron chi connectivity index (χ1n) is 7.08. The molecule has 0 aliphatic heterocycles. The molecule has 1 heterocycles. The maximum absolute atomic E-state index is 12.4. The van der Waals surface area contributed by atoms with Gasteiger partial charge >= 0.3 is 0 Å². The van der Waals surface area contributed by atoms with E-state index in [-0.39, 0.29) is 11.3 Å². The van der Waals surface area contributed by atoms with Gasteiger partial charge in [0.15, 0.2) is 0 Å². The molecule has 0 saturated heterocycles. The quantitative estimate of drug-likeness (QED) is 0.519. The van der Waals surface area contributed by atoms with E-state index in [0.717, 1.165) is 16.5 Å². The van der Waals surface area contributed by atoms with Crippen molar-refractivity contribution in [2.75, 3.05) is 0 Å². The number of nitrogens with one attached hydrogen (secondary N) is 1. The summed E-state index contributed by atoms with van der Waals surface area (Å²) in [5, 5.41) is 12.3. The van der Waals surface area contributed by atoms with Gasteiger partial charge in [-0.15, -0.1) is 0 Å². The molecule has 0 aliphatic carbocycles. The van der Waals surface area contributed by atoms with Crippen molar-refractivity contribution in [2.24, 2.45) is 0 Å². The van der Waals surface area contributed by atoms with Crippen molar-refractivity contribution in [3.05, 3.63) is 77.1 Å². The van der Waals surface area contributed by atoms with Crippen molar-refractivity contribution in [1.29, 1.82) is 0 Å². The third-order valence-electron chi connectivity index (χ3n) is 3.93. The van der Waals surface area contributed by atoms with E-state index in [9.17, 15) is 9.90 Å². The van der Waals surface area contributed by atoms with Crippen LogP contribution in [0.25, 0.3) is 32.8 Å². The Labute approximate surface area is 126 Å². The number of aromatic nitrogens is 1. The van der Waals surface area contributed by atoms with Crippen molar-refractivity contribution in [3.8, 4) is 16.9 Å². The lowest BCUT2D eigenvalue weighted by Crippen LogP contribution is -2.06. The summed E-state index contributed by atoms with van der Waals surface area (Å²) < 4.78 is 0. The highest BCUT2D eigenvalue weighted by molar-refractivity contribution is 6.14. The highest BCUT2D eigenvalue weighted by Gasteiger charge is 2.13. The number of hydrogen-bond donors (Lipinski definition) is 2. The van der Waals surface area contributed by atoms with Gasteiger partial charge in [-0.25, -0.2) is 0 Å². The predicted octanol–water partition coefficient (Wildman–Crippen LogP) is 4.05. The second-order valence-corrected chi connectivity index (χ2v) is 5.25. The van der Waals surface area contributed by atoms with Crippen LogP contribution in [0.1, 0.15) is 0 Å². The van der Waals surface area contributed by atoms with E-state index in [4.69, 9.17) is 0 Å². The first-order chi connectivity index (χ1) is 10.8. The van der Waals surface area contributed by atoms with Crippen LogP contribution in [-0.2, 0) is 0 Å². The average molecular weight is 287 g/mol. The number of pyridine rings is 1. The molecule has 0 aliphatic rings. The fourth-order valence-corrected chi connectivity index (χ4v) is 2.97. The van der Waals surface area contributed by atoms with Gasteiger partial charge in [-0.1, -0.05) is 48.5 Å². The molecule has 0 radical (unpaired) electrons. The van der Waals surface area contributed by atoms with Crippen LogP contribution < -0.4 is 5.56 Å². The van der Waals surface area contributed by atoms with Gasteiger partial charge in [-0.05, 0) is 29.3 Å². The second kappa shape index (κ2) is 4.74. The summed E-state index contributed by atoms with van der Waals surface area (Å²) >= 11 is 0. The molecule has 0 amide bonds. The second-order valence-electron chi connectivity index (χ2n) is 5.25. The lowest BCUT2D eigenvalue weighted by Gasteiger charge is -2.11. The highest BCUT2D eigenvalue weighted by atomic mass is 16.3. The molecule has 1 aromatic heterocycles. The molecule has 3 aromatic carbocycles. The highest BCUT2D eigenvalue weighted by Crippen LogP contribution is 2.35. The number of benzene rings is 3. The van der Waals surface area contributed by atoms with E-state index in [1.165, 1.54) is 0 Å². The molecule has 0 unspecified atom stereocenters. The van der Waals surface area contributed by atoms with E-state index in [1.807, 2.05) is 42.5 Å². The zero-order valence-corrected chi connectivity index (χ0v) is 11.7. The average Bonchev–Trinajstić information content (AvgIpc) is 2.55. The third-order valence-corrected chi connectivity index (χ3v) is 3.93. The summed E-state index contributed by atoms with van der Waals surface area (Å²) in [4.78, 5) is 15.2. The van der Waals surface area contributed by atoms with Crippen molar-refractivity contribution in [2.45, 2.75) is 0 Å². The van der Waals surface area contributed by atoms with E-state index in [1.54, 1.807) is 24.3 Å². The monoisotopic (exact) mass is 287 g/mol. The maximum atomic E-state index is 12.4. The van der Waals surface area contributed by atoms with Gasteiger partial charge < -0.3 is 10.1 Å². The number of aromatic amines is 1. The summed E-state index contributed by atoms with van der Waals surface area (Å²) in [5.74, 6) is 0.169. The van der Waals surface area contributed by atoms with Gasteiger partial charge in [0.2, 0.25) is 0 Å². The largest absolute Gasteiger partial charge is 0.507 e. The van der Waals surface area contributed by atoms with Crippen LogP contribution in [0, 0.1) is 0 Å². The van der Waals surface area contributed by atoms with Crippen LogP contribution >= 0.6 is 0 Å². The Morgan fingerprint density at radius 2 is 1.55 bits per heavy atom. The maximum Gasteiger partial charge on any atom is 0.256 e. The number of H-pyrrole nitrogens is 1. The van der Waals surface area contributed by atoms with E-state index in [2.05, 4.69) is 4.98 Å². The Bertz CT molecular complexity index is 1050. The summed E-state index contributed by atoms with van der Waals surface area (Å²) in [5.41, 5.74) is 2.45. The van der Waals surface area contributed by atoms with Crippen LogP contribution in [0.2, 0.25) is 0 Å². The number of fused-ring (bicyclic) bond motifs is 3. The minimum Gasteiger partial charge on any atom is -0.507 e. The molecule has 4 aromatic rings. The number of aromatic hydroxyl groups is 1. The standard InChI is InChI=1S/C19H13NO2/c21-16-11-5-10-15-18(16)17-13(12-6-2-1-3-7-12)8-4-9-14(17)19(22)20-15/h1-11,21H,(H,20,22). The van der Waals surface area contributed by atoms with E-state index in [0.29, 0.717) is 16.3 Å². The molecule has 3 heteroatoms. The van der Waals surface area contributed by atoms with Crippen LogP contribution in [-0.4, -0.2) is 10.1 Å². The first kappa shape index (κ1) is 12.7. The Kier molecular flexibility index (Phi) is 2.73. The van der Waals surface area contributed by atoms with Crippen LogP contribution in [0.4, 0.5) is 0 Å². The molecule has 22 heavy (non-hydrogen) atoms. The van der Waals surface area contributed by atoms with Crippen molar-refractivity contribution in [3.63, 3.8) is 0 Å². The molecule has 4 rings (SSSR count). The predicted molar refractivity (Wildman–Crippen MR) is 89.2 cm³/mol. The number of hydrogen-bond acceptors (Lipinski definition) is 2. The minimum atomic E-state index is -0.147. The van der Waals surface area contributed by atoms with E-state index >= 15 is 0 Å². The SMILES string of the molecule is O=c1[nH]c2cccc(O)c2c2c(-c3ccccc3)cccc12. The van der Waals surface area contributed by atoms with Gasteiger partial charge in [-0.3, -0.25) is 4.79 Å². The fourth-order valence-electron chi connectivity index (χ4n) is 2.97. The van der Waals surface area contributed by atoms with Gasteiger partial charge in [0.1, 0.15) is 5.75 Å². The van der Waals surface area contributed by atoms with Crippen LogP contribution in [0.5, 0.6) is 5.75 Å². The van der Waals surface area contributed by atoms with E-state index < -0.39 is 0 Å². The normalized spacial score (nSPS) is 11.1. The zero-order valence-electron chi connectivity index (χ0n) is 11.7. The Hall–Kier alpha value is -3.07. The third kappa shape index (κ3) is 1.79. The molecule has 0 atom stereocenters. The van der Waals surface area contributed by atoms with Crippen molar-refractivity contribution in [1.82, 2.24) is 4.98 Å². The summed E-state index contributed by atoms with van der Waals surface area (Å²) in [7, 11) is 0. The zero-order chi connectivity index (χ0) is 15.1. The van der Waals surface area contributed by atoms with Gasteiger partial charge in [0.25, 0.3) is 5.56 Å². The van der Waals surface area contributed by atoms with Gasteiger partial charge in [0.05, 0.1) is 5.52 Å². The van der Waals surface area contributed by atoms with Crippen molar-refractivity contribution >= 4 is 21.7 Å². The lowest BCUT2D eigenvalue weighted by molar-refractivity contribution is 0.482. The fraction of sp³-hybridized carbons (Fsp3) is 0. The Morgan fingerprint density at radius 3 is 2.36 bits per heavy atom. The van der Waals surface area contributed by atoms with Crippen LogP contribution in [0.15, 0.2) is 71.5 Å². The Morgan fingerprint density at radius 1 is 0.773 bits per heavy atom. The smallest absolute Gasteiger partial charge is 0.256 e. The molecule has 2 N–H and O–H groups in total.